The highest BCUT2D eigenvalue weighted by atomic mass is 35.5. The van der Waals surface area contributed by atoms with Gasteiger partial charge in [-0.05, 0) is 29.8 Å². The van der Waals surface area contributed by atoms with Crippen molar-refractivity contribution < 1.29 is 8.42 Å². The lowest BCUT2D eigenvalue weighted by atomic mass is 10.1. The molecule has 3 aromatic heterocycles. The zero-order valence-electron chi connectivity index (χ0n) is 12.1. The third kappa shape index (κ3) is 3.61. The first-order valence-corrected chi connectivity index (χ1v) is 9.31. The number of aromatic nitrogens is 3. The quantitative estimate of drug-likeness (QED) is 0.751. The van der Waals surface area contributed by atoms with Gasteiger partial charge in [-0.2, -0.15) is 5.10 Å². The van der Waals surface area contributed by atoms with E-state index in [1.54, 1.807) is 29.3 Å². The molecule has 0 saturated heterocycles. The van der Waals surface area contributed by atoms with Crippen LogP contribution in [-0.4, -0.2) is 23.2 Å². The number of nitrogens with one attached hydrogen (secondary N) is 1. The third-order valence-electron chi connectivity index (χ3n) is 3.19. The monoisotopic (exact) mass is 368 g/mol. The molecule has 0 fully saturated rings. The second kappa shape index (κ2) is 6.40. The summed E-state index contributed by atoms with van der Waals surface area (Å²) in [6, 6.07) is 6.80. The highest BCUT2D eigenvalue weighted by molar-refractivity contribution is 7.91. The molecule has 0 aromatic carbocycles. The summed E-state index contributed by atoms with van der Waals surface area (Å²) >= 11 is 6.81. The van der Waals surface area contributed by atoms with Gasteiger partial charge in [0.25, 0.3) is 0 Å². The summed E-state index contributed by atoms with van der Waals surface area (Å²) < 4.78 is 29.3. The second-order valence-electron chi connectivity index (χ2n) is 4.81. The predicted octanol–water partition coefficient (Wildman–Crippen LogP) is 2.68. The molecule has 9 heteroatoms. The summed E-state index contributed by atoms with van der Waals surface area (Å²) in [7, 11) is -1.74. The van der Waals surface area contributed by atoms with Gasteiger partial charge in [0, 0.05) is 37.7 Å². The van der Waals surface area contributed by atoms with Crippen molar-refractivity contribution in [2.24, 2.45) is 7.05 Å². The van der Waals surface area contributed by atoms with E-state index in [-0.39, 0.29) is 10.8 Å². The van der Waals surface area contributed by atoms with E-state index in [9.17, 15) is 8.42 Å². The molecule has 0 unspecified atom stereocenters. The van der Waals surface area contributed by atoms with Crippen LogP contribution in [0.25, 0.3) is 11.3 Å². The van der Waals surface area contributed by atoms with Crippen LogP contribution in [0.4, 0.5) is 0 Å². The lowest BCUT2D eigenvalue weighted by Crippen LogP contribution is -2.22. The van der Waals surface area contributed by atoms with E-state index in [4.69, 9.17) is 11.6 Å². The van der Waals surface area contributed by atoms with E-state index in [1.807, 2.05) is 19.2 Å². The summed E-state index contributed by atoms with van der Waals surface area (Å²) in [5.41, 5.74) is 2.54. The van der Waals surface area contributed by atoms with Gasteiger partial charge in [0.15, 0.2) is 0 Å². The van der Waals surface area contributed by atoms with E-state index < -0.39 is 10.0 Å². The molecule has 0 aliphatic carbocycles. The van der Waals surface area contributed by atoms with Crippen LogP contribution < -0.4 is 4.72 Å². The van der Waals surface area contributed by atoms with Crippen molar-refractivity contribution in [2.45, 2.75) is 10.8 Å². The van der Waals surface area contributed by atoms with E-state index in [0.717, 1.165) is 28.2 Å². The van der Waals surface area contributed by atoms with Crippen molar-refractivity contribution in [1.29, 1.82) is 0 Å². The van der Waals surface area contributed by atoms with Crippen molar-refractivity contribution in [2.75, 3.05) is 0 Å². The van der Waals surface area contributed by atoms with E-state index in [2.05, 4.69) is 14.8 Å². The minimum Gasteiger partial charge on any atom is -0.268 e. The van der Waals surface area contributed by atoms with E-state index in [0.29, 0.717) is 4.34 Å². The minimum atomic E-state index is -3.57. The Morgan fingerprint density at radius 1 is 1.30 bits per heavy atom. The molecule has 3 rings (SSSR count). The highest BCUT2D eigenvalue weighted by Gasteiger charge is 2.16. The summed E-state index contributed by atoms with van der Waals surface area (Å²) in [6.07, 6.45) is 5.04. The highest BCUT2D eigenvalue weighted by Crippen LogP contribution is 2.25. The van der Waals surface area contributed by atoms with Crippen LogP contribution in [0.2, 0.25) is 4.34 Å². The first-order chi connectivity index (χ1) is 11.0. The lowest BCUT2D eigenvalue weighted by Gasteiger charge is -2.07. The molecule has 120 valence electrons. The zero-order chi connectivity index (χ0) is 16.4. The Bertz CT molecular complexity index is 934. The van der Waals surface area contributed by atoms with Crippen molar-refractivity contribution in [3.05, 3.63) is 52.8 Å². The van der Waals surface area contributed by atoms with Gasteiger partial charge in [-0.1, -0.05) is 11.6 Å². The lowest BCUT2D eigenvalue weighted by molar-refractivity contribution is 0.583. The molecule has 0 atom stereocenters. The van der Waals surface area contributed by atoms with E-state index in [1.165, 1.54) is 6.07 Å². The molecular formula is C14H13ClN4O2S2. The number of hydrogen-bond donors (Lipinski definition) is 1. The summed E-state index contributed by atoms with van der Waals surface area (Å²) in [6.45, 7) is 0.149. The van der Waals surface area contributed by atoms with Gasteiger partial charge in [0.05, 0.1) is 10.0 Å². The van der Waals surface area contributed by atoms with Crippen LogP contribution in [0, 0.1) is 0 Å². The maximum atomic E-state index is 12.2. The van der Waals surface area contributed by atoms with Gasteiger partial charge in [-0.25, -0.2) is 13.1 Å². The van der Waals surface area contributed by atoms with Crippen molar-refractivity contribution >= 4 is 33.0 Å². The molecule has 23 heavy (non-hydrogen) atoms. The van der Waals surface area contributed by atoms with Gasteiger partial charge in [-0.15, -0.1) is 11.3 Å². The Balaban J connectivity index is 1.78. The minimum absolute atomic E-state index is 0.149. The van der Waals surface area contributed by atoms with Crippen molar-refractivity contribution in [1.82, 2.24) is 19.5 Å². The Morgan fingerprint density at radius 3 is 2.78 bits per heavy atom. The van der Waals surface area contributed by atoms with Crippen LogP contribution in [0.5, 0.6) is 0 Å². The second-order valence-corrected chi connectivity index (χ2v) is 8.51. The number of aryl methyl sites for hydroxylation is 1. The third-order valence-corrected chi connectivity index (χ3v) is 6.32. The number of halogens is 1. The molecular weight excluding hydrogens is 356 g/mol. The van der Waals surface area contributed by atoms with Crippen LogP contribution in [-0.2, 0) is 23.6 Å². The average molecular weight is 369 g/mol. The molecule has 0 radical (unpaired) electrons. The first-order valence-electron chi connectivity index (χ1n) is 6.63. The maximum Gasteiger partial charge on any atom is 0.250 e. The van der Waals surface area contributed by atoms with Gasteiger partial charge in [0.1, 0.15) is 4.21 Å². The fraction of sp³-hybridized carbons (Fsp3) is 0.143. The molecule has 0 spiro atoms. The number of thiophene rings is 1. The summed E-state index contributed by atoms with van der Waals surface area (Å²) in [4.78, 5) is 4.16. The number of nitrogens with zero attached hydrogens (tertiary/aromatic N) is 3. The Morgan fingerprint density at radius 2 is 2.13 bits per heavy atom. The Labute approximate surface area is 142 Å². The molecule has 1 N–H and O–H groups in total. The van der Waals surface area contributed by atoms with Gasteiger partial charge < -0.3 is 0 Å². The van der Waals surface area contributed by atoms with Gasteiger partial charge >= 0.3 is 0 Å². The smallest absolute Gasteiger partial charge is 0.250 e. The molecule has 0 bridgehead atoms. The van der Waals surface area contributed by atoms with Crippen LogP contribution in [0.3, 0.4) is 0 Å². The summed E-state index contributed by atoms with van der Waals surface area (Å²) in [5, 5.41) is 4.12. The Hall–Kier alpha value is -1.74. The maximum absolute atomic E-state index is 12.2. The van der Waals surface area contributed by atoms with Crippen molar-refractivity contribution in [3.63, 3.8) is 0 Å². The normalized spacial score (nSPS) is 11.7. The topological polar surface area (TPSA) is 76.9 Å². The molecule has 0 aliphatic heterocycles. The fourth-order valence-corrected chi connectivity index (χ4v) is 4.62. The van der Waals surface area contributed by atoms with Crippen LogP contribution in [0.15, 0.2) is 47.1 Å². The number of rotatable bonds is 5. The standard InChI is InChI=1S/C14H13ClN4O2S2/c1-19-12(4-5-17-19)11-6-10(7-16-9-11)8-18-23(20,21)14-3-2-13(15)22-14/h2-7,9,18H,8H2,1H3. The van der Waals surface area contributed by atoms with Crippen LogP contribution >= 0.6 is 22.9 Å². The molecule has 3 heterocycles. The number of pyridine rings is 1. The molecule has 3 aromatic rings. The molecule has 0 aliphatic rings. The fourth-order valence-electron chi connectivity index (χ4n) is 2.07. The first kappa shape index (κ1) is 16.1. The summed E-state index contributed by atoms with van der Waals surface area (Å²) in [5.74, 6) is 0. The van der Waals surface area contributed by atoms with Gasteiger partial charge in [0.2, 0.25) is 10.0 Å². The Kier molecular flexibility index (Phi) is 4.49. The SMILES string of the molecule is Cn1nccc1-c1cncc(CNS(=O)(=O)c2ccc(Cl)s2)c1. The molecule has 6 nitrogen and oxygen atoms in total. The predicted molar refractivity (Wildman–Crippen MR) is 89.8 cm³/mol. The molecule has 0 saturated carbocycles. The van der Waals surface area contributed by atoms with Crippen molar-refractivity contribution in [3.8, 4) is 11.3 Å². The number of sulfonamides is 1. The largest absolute Gasteiger partial charge is 0.268 e. The van der Waals surface area contributed by atoms with E-state index >= 15 is 0 Å². The van der Waals surface area contributed by atoms with Gasteiger partial charge in [-0.3, -0.25) is 9.67 Å². The average Bonchev–Trinajstić information content (AvgIpc) is 3.14. The zero-order valence-corrected chi connectivity index (χ0v) is 14.5. The molecule has 0 amide bonds. The van der Waals surface area contributed by atoms with Crippen LogP contribution in [0.1, 0.15) is 5.56 Å². The number of hydrogen-bond acceptors (Lipinski definition) is 5.